The van der Waals surface area contributed by atoms with Gasteiger partial charge in [0.2, 0.25) is 0 Å². The summed E-state index contributed by atoms with van der Waals surface area (Å²) in [5.41, 5.74) is 4.91. The summed E-state index contributed by atoms with van der Waals surface area (Å²) >= 11 is 0. The average molecular weight is 629 g/mol. The summed E-state index contributed by atoms with van der Waals surface area (Å²) < 4.78 is 0. The van der Waals surface area contributed by atoms with Crippen LogP contribution in [0.1, 0.15) is 72.3 Å². The number of fused-ring (bicyclic) bond motifs is 2. The third kappa shape index (κ3) is 7.54. The number of hydrogen-bond donors (Lipinski definition) is 0. The summed E-state index contributed by atoms with van der Waals surface area (Å²) in [6.45, 7) is 12.0. The number of rotatable bonds is 2. The quantitative estimate of drug-likeness (QED) is 0.226. The van der Waals surface area contributed by atoms with E-state index in [1.165, 1.54) is 44.1 Å². The van der Waals surface area contributed by atoms with Crippen molar-refractivity contribution in [3.8, 4) is 0 Å². The Bertz CT molecular complexity index is 700. The molecule has 0 spiro atoms. The number of benzene rings is 1. The maximum absolute atomic E-state index is 2.66. The number of allylic oxidation sites excluding steroid dienone is 4. The Hall–Kier alpha value is -0.430. The van der Waals surface area contributed by atoms with Crippen LogP contribution in [0.5, 0.6) is 0 Å². The molecule has 3 fully saturated rings. The van der Waals surface area contributed by atoms with Crippen LogP contribution in [0, 0.1) is 77.0 Å². The molecule has 5 rings (SSSR count). The second kappa shape index (κ2) is 15.6. The summed E-state index contributed by atoms with van der Waals surface area (Å²) in [4.78, 5) is 0. The van der Waals surface area contributed by atoms with E-state index in [1.54, 1.807) is 11.1 Å². The van der Waals surface area contributed by atoms with Crippen LogP contribution >= 0.6 is 0 Å². The maximum atomic E-state index is 2.66. The molecule has 34 heavy (non-hydrogen) atoms. The average Bonchev–Trinajstić information content (AvgIpc) is 3.40. The molecule has 0 nitrogen and oxygen atoms in total. The van der Waals surface area contributed by atoms with Gasteiger partial charge in [-0.15, -0.1) is 0 Å². The summed E-state index contributed by atoms with van der Waals surface area (Å²) in [7, 11) is 0. The predicted octanol–water partition coefficient (Wildman–Crippen LogP) is 9.90. The molecule has 4 aliphatic carbocycles. The molecule has 3 atom stereocenters. The minimum atomic E-state index is 0. The molecule has 0 bridgehead atoms. The second-order valence-electron chi connectivity index (χ2n) is 10.8. The Morgan fingerprint density at radius 2 is 1.12 bits per heavy atom. The molecular weight excluding hydrogens is 575 g/mol. The van der Waals surface area contributed by atoms with E-state index in [2.05, 4.69) is 77.1 Å². The van der Waals surface area contributed by atoms with Crippen LogP contribution in [-0.2, 0) is 32.3 Å². The summed E-state index contributed by atoms with van der Waals surface area (Å²) in [6.07, 6.45) is 13.5. The smallest absolute Gasteiger partial charge is 0.358 e. The zero-order valence-corrected chi connectivity index (χ0v) is 27.5. The molecule has 1 heteroatoms. The summed E-state index contributed by atoms with van der Waals surface area (Å²) in [5, 5.41) is 0. The van der Waals surface area contributed by atoms with E-state index in [-0.39, 0.29) is 55.5 Å². The van der Waals surface area contributed by atoms with Crippen LogP contribution in [0.3, 0.4) is 0 Å². The molecule has 0 saturated heterocycles. The Labute approximate surface area is 234 Å². The van der Waals surface area contributed by atoms with Crippen molar-refractivity contribution in [2.24, 2.45) is 47.3 Å². The number of hydrogen-bond acceptors (Lipinski definition) is 0. The molecule has 0 aromatic heterocycles. The van der Waals surface area contributed by atoms with Gasteiger partial charge in [-0.1, -0.05) is 77.1 Å². The third-order valence-corrected chi connectivity index (χ3v) is 9.51. The third-order valence-electron chi connectivity index (χ3n) is 9.51. The standard InChI is InChI=1S/C19H22.C10H20.4CH3.Hf/c1-2-5-14(6-3-1)11-17-9-10-18-12-15-7-4-8-16(15)13-19(17)18;1-6-7(2)9(4)10(5)8(6)3;;;;;/h1-3,5-6,12-13,17-19H,4,7-11H2;6-10H,1-5H3;4*1H3;/q;;4*-1;+4. The summed E-state index contributed by atoms with van der Waals surface area (Å²) in [6, 6.07) is 11.1. The van der Waals surface area contributed by atoms with Crippen molar-refractivity contribution in [3.63, 3.8) is 0 Å². The molecule has 3 saturated carbocycles. The van der Waals surface area contributed by atoms with E-state index < -0.39 is 0 Å². The minimum absolute atomic E-state index is 0. The maximum Gasteiger partial charge on any atom is 4.00 e. The predicted molar refractivity (Wildman–Crippen MR) is 151 cm³/mol. The van der Waals surface area contributed by atoms with Crippen LogP contribution in [-0.4, -0.2) is 0 Å². The zero-order valence-electron chi connectivity index (χ0n) is 23.9. The van der Waals surface area contributed by atoms with Gasteiger partial charge in [-0.25, -0.2) is 0 Å². The van der Waals surface area contributed by atoms with Gasteiger partial charge < -0.3 is 29.7 Å². The SMILES string of the molecule is C1=C2CCCC2=CC2C1CCC2Cc1ccccc1.CC1C(C)C(C)C(C)C1C.[CH3-].[CH3-].[CH3-].[CH3-].[Hf+4]. The molecule has 190 valence electrons. The van der Waals surface area contributed by atoms with Crippen molar-refractivity contribution in [3.05, 3.63) is 88.9 Å². The monoisotopic (exact) mass is 630 g/mol. The van der Waals surface area contributed by atoms with E-state index in [9.17, 15) is 0 Å². The molecule has 0 aliphatic heterocycles. The van der Waals surface area contributed by atoms with Crippen molar-refractivity contribution in [2.75, 3.05) is 0 Å². The van der Waals surface area contributed by atoms with E-state index in [0.717, 1.165) is 47.3 Å². The van der Waals surface area contributed by atoms with Gasteiger partial charge in [0.25, 0.3) is 0 Å². The Morgan fingerprint density at radius 1 is 0.647 bits per heavy atom. The van der Waals surface area contributed by atoms with E-state index >= 15 is 0 Å². The molecule has 0 amide bonds. The zero-order chi connectivity index (χ0) is 20.5. The normalized spacial score (nSPS) is 34.5. The first-order valence-corrected chi connectivity index (χ1v) is 12.4. The van der Waals surface area contributed by atoms with Crippen LogP contribution in [0.2, 0.25) is 0 Å². The van der Waals surface area contributed by atoms with E-state index in [4.69, 9.17) is 0 Å². The second-order valence-corrected chi connectivity index (χ2v) is 10.8. The minimum Gasteiger partial charge on any atom is -0.358 e. The van der Waals surface area contributed by atoms with Gasteiger partial charge in [0.1, 0.15) is 0 Å². The van der Waals surface area contributed by atoms with Crippen LogP contribution in [0.15, 0.2) is 53.6 Å². The fourth-order valence-corrected chi connectivity index (χ4v) is 6.81. The Morgan fingerprint density at radius 3 is 1.62 bits per heavy atom. The molecule has 0 heterocycles. The molecule has 1 aromatic rings. The first-order valence-electron chi connectivity index (χ1n) is 12.4. The van der Waals surface area contributed by atoms with Gasteiger partial charge in [-0.2, -0.15) is 0 Å². The van der Waals surface area contributed by atoms with Crippen molar-refractivity contribution in [2.45, 2.75) is 73.1 Å². The van der Waals surface area contributed by atoms with Crippen molar-refractivity contribution < 1.29 is 25.8 Å². The van der Waals surface area contributed by atoms with Gasteiger partial charge in [0.15, 0.2) is 0 Å². The summed E-state index contributed by atoms with van der Waals surface area (Å²) in [5.74, 6) is 7.23. The molecule has 3 unspecified atom stereocenters. The van der Waals surface area contributed by atoms with Crippen molar-refractivity contribution in [1.82, 2.24) is 0 Å². The van der Waals surface area contributed by atoms with Crippen molar-refractivity contribution in [1.29, 1.82) is 0 Å². The fourth-order valence-electron chi connectivity index (χ4n) is 6.81. The Balaban J connectivity index is 0. The molecule has 0 radical (unpaired) electrons. The van der Waals surface area contributed by atoms with Crippen LogP contribution < -0.4 is 0 Å². The molecule has 4 aliphatic rings. The van der Waals surface area contributed by atoms with Crippen LogP contribution in [0.25, 0.3) is 0 Å². The van der Waals surface area contributed by atoms with Gasteiger partial charge in [0.05, 0.1) is 0 Å². The van der Waals surface area contributed by atoms with E-state index in [1.807, 2.05) is 0 Å². The fraction of sp³-hybridized carbons (Fsp3) is 0.576. The van der Waals surface area contributed by atoms with Crippen LogP contribution in [0.4, 0.5) is 0 Å². The topological polar surface area (TPSA) is 0 Å². The van der Waals surface area contributed by atoms with Gasteiger partial charge >= 0.3 is 25.8 Å². The first-order chi connectivity index (χ1) is 14.0. The van der Waals surface area contributed by atoms with Gasteiger partial charge in [-0.05, 0) is 103 Å². The van der Waals surface area contributed by atoms with Gasteiger partial charge in [-0.3, -0.25) is 0 Å². The molecule has 1 aromatic carbocycles. The Kier molecular flexibility index (Phi) is 16.4. The first kappa shape index (κ1) is 35.7. The molecular formula is C33H54Hf. The van der Waals surface area contributed by atoms with Gasteiger partial charge in [0, 0.05) is 0 Å². The largest absolute Gasteiger partial charge is 4.00 e. The van der Waals surface area contributed by atoms with Crippen molar-refractivity contribution >= 4 is 0 Å². The molecule has 0 N–H and O–H groups in total. The van der Waals surface area contributed by atoms with E-state index in [0.29, 0.717) is 0 Å².